The summed E-state index contributed by atoms with van der Waals surface area (Å²) in [5.74, 6) is 0.612. The van der Waals surface area contributed by atoms with E-state index in [4.69, 9.17) is 4.74 Å². The normalized spacial score (nSPS) is 28.9. The third-order valence-corrected chi connectivity index (χ3v) is 3.91. The van der Waals surface area contributed by atoms with Crippen LogP contribution in [0.5, 0.6) is 0 Å². The molecule has 1 aliphatic carbocycles. The average Bonchev–Trinajstić information content (AvgIpc) is 3.20. The van der Waals surface area contributed by atoms with Gasteiger partial charge in [-0.2, -0.15) is 0 Å². The van der Waals surface area contributed by atoms with E-state index >= 15 is 0 Å². The molecule has 2 heteroatoms. The summed E-state index contributed by atoms with van der Waals surface area (Å²) in [4.78, 5) is 12.2. The summed E-state index contributed by atoms with van der Waals surface area (Å²) in [7, 11) is 0. The monoisotopic (exact) mass is 230 g/mol. The molecule has 0 aromatic heterocycles. The standard InChI is InChI=1S/C15H18O2/c16-13(11-7-3-1-4-8-11)15-14(17-15)12-9-5-2-6-10-12/h2,5-6,9-11,14-15H,1,3-4,7-8H2. The van der Waals surface area contributed by atoms with Crippen molar-refractivity contribution in [2.45, 2.75) is 44.3 Å². The number of hydrogen-bond donors (Lipinski definition) is 0. The van der Waals surface area contributed by atoms with Gasteiger partial charge < -0.3 is 4.74 Å². The first-order valence-electron chi connectivity index (χ1n) is 6.60. The van der Waals surface area contributed by atoms with Crippen LogP contribution in [0, 0.1) is 5.92 Å². The molecular formula is C15H18O2. The van der Waals surface area contributed by atoms with Crippen LogP contribution in [0.4, 0.5) is 0 Å². The minimum absolute atomic E-state index is 0.0330. The molecule has 1 saturated heterocycles. The number of carbonyl (C=O) groups excluding carboxylic acids is 1. The molecule has 0 N–H and O–H groups in total. The van der Waals surface area contributed by atoms with Gasteiger partial charge in [-0.05, 0) is 18.4 Å². The van der Waals surface area contributed by atoms with Gasteiger partial charge in [-0.15, -0.1) is 0 Å². The van der Waals surface area contributed by atoms with Crippen molar-refractivity contribution in [3.63, 3.8) is 0 Å². The highest BCUT2D eigenvalue weighted by molar-refractivity contribution is 5.88. The average molecular weight is 230 g/mol. The predicted molar refractivity (Wildman–Crippen MR) is 65.6 cm³/mol. The Labute approximate surface area is 102 Å². The van der Waals surface area contributed by atoms with Crippen LogP contribution >= 0.6 is 0 Å². The van der Waals surface area contributed by atoms with E-state index in [-0.39, 0.29) is 18.1 Å². The fraction of sp³-hybridized carbons (Fsp3) is 0.533. The van der Waals surface area contributed by atoms with E-state index < -0.39 is 0 Å². The quantitative estimate of drug-likeness (QED) is 0.746. The lowest BCUT2D eigenvalue weighted by atomic mass is 9.84. The van der Waals surface area contributed by atoms with Crippen molar-refractivity contribution in [2.24, 2.45) is 5.92 Å². The number of ether oxygens (including phenoxy) is 1. The minimum Gasteiger partial charge on any atom is -0.356 e. The lowest BCUT2D eigenvalue weighted by Gasteiger charge is -2.19. The molecule has 1 aliphatic heterocycles. The van der Waals surface area contributed by atoms with Crippen LogP contribution < -0.4 is 0 Å². The highest BCUT2D eigenvalue weighted by Gasteiger charge is 2.47. The second-order valence-corrected chi connectivity index (χ2v) is 5.13. The highest BCUT2D eigenvalue weighted by atomic mass is 16.6. The molecule has 1 heterocycles. The highest BCUT2D eigenvalue weighted by Crippen LogP contribution is 2.42. The molecular weight excluding hydrogens is 212 g/mol. The summed E-state index contributed by atoms with van der Waals surface area (Å²) < 4.78 is 5.57. The van der Waals surface area contributed by atoms with Gasteiger partial charge >= 0.3 is 0 Å². The van der Waals surface area contributed by atoms with Crippen molar-refractivity contribution in [1.82, 2.24) is 0 Å². The van der Waals surface area contributed by atoms with Crippen molar-refractivity contribution in [1.29, 1.82) is 0 Å². The summed E-state index contributed by atoms with van der Waals surface area (Å²) in [6.07, 6.45) is 5.72. The first-order valence-corrected chi connectivity index (χ1v) is 6.60. The molecule has 0 radical (unpaired) electrons. The molecule has 3 rings (SSSR count). The van der Waals surface area contributed by atoms with Crippen LogP contribution in [0.3, 0.4) is 0 Å². The Kier molecular flexibility index (Phi) is 2.98. The summed E-state index contributed by atoms with van der Waals surface area (Å²) in [6, 6.07) is 10.1. The third-order valence-electron chi connectivity index (χ3n) is 3.91. The second-order valence-electron chi connectivity index (χ2n) is 5.13. The molecule has 2 atom stereocenters. The molecule has 2 nitrogen and oxygen atoms in total. The van der Waals surface area contributed by atoms with Crippen molar-refractivity contribution in [3.8, 4) is 0 Å². The van der Waals surface area contributed by atoms with E-state index in [1.807, 2.05) is 30.3 Å². The molecule has 1 aromatic carbocycles. The number of rotatable bonds is 3. The summed E-state index contributed by atoms with van der Waals surface area (Å²) in [5.41, 5.74) is 1.14. The SMILES string of the molecule is O=C(C1CCCCC1)C1OC1c1ccccc1. The van der Waals surface area contributed by atoms with Gasteiger partial charge in [0.25, 0.3) is 0 Å². The van der Waals surface area contributed by atoms with E-state index in [2.05, 4.69) is 0 Å². The van der Waals surface area contributed by atoms with Gasteiger partial charge in [0, 0.05) is 5.92 Å². The number of ketones is 1. The van der Waals surface area contributed by atoms with Crippen LogP contribution in [0.15, 0.2) is 30.3 Å². The Morgan fingerprint density at radius 3 is 2.47 bits per heavy atom. The Hall–Kier alpha value is -1.15. The molecule has 2 unspecified atom stereocenters. The molecule has 17 heavy (non-hydrogen) atoms. The molecule has 1 aromatic rings. The Morgan fingerprint density at radius 1 is 1.06 bits per heavy atom. The third kappa shape index (κ3) is 2.27. The zero-order chi connectivity index (χ0) is 11.7. The van der Waals surface area contributed by atoms with Gasteiger partial charge in [-0.25, -0.2) is 0 Å². The topological polar surface area (TPSA) is 29.6 Å². The van der Waals surface area contributed by atoms with Gasteiger partial charge in [-0.3, -0.25) is 4.79 Å². The minimum atomic E-state index is -0.152. The summed E-state index contributed by atoms with van der Waals surface area (Å²) in [5, 5.41) is 0. The fourth-order valence-corrected chi connectivity index (χ4v) is 2.84. The van der Waals surface area contributed by atoms with Crippen LogP contribution in [-0.4, -0.2) is 11.9 Å². The second kappa shape index (κ2) is 4.61. The molecule has 0 bridgehead atoms. The van der Waals surface area contributed by atoms with Gasteiger partial charge in [0.05, 0.1) is 0 Å². The smallest absolute Gasteiger partial charge is 0.167 e. The molecule has 2 aliphatic rings. The molecule has 90 valence electrons. The maximum Gasteiger partial charge on any atom is 0.167 e. The lowest BCUT2D eigenvalue weighted by Crippen LogP contribution is -2.22. The largest absolute Gasteiger partial charge is 0.356 e. The predicted octanol–water partition coefficient (Wildman–Crippen LogP) is 3.28. The number of Topliss-reactive ketones (excluding diaryl/α,β-unsaturated/α-hetero) is 1. The number of carbonyl (C=O) groups is 1. The zero-order valence-corrected chi connectivity index (χ0v) is 9.97. The molecule has 0 spiro atoms. The number of epoxide rings is 1. The van der Waals surface area contributed by atoms with Crippen LogP contribution in [0.2, 0.25) is 0 Å². The first-order chi connectivity index (χ1) is 8.36. The van der Waals surface area contributed by atoms with Crippen LogP contribution in [-0.2, 0) is 9.53 Å². The Morgan fingerprint density at radius 2 is 1.76 bits per heavy atom. The molecule has 1 saturated carbocycles. The maximum absolute atomic E-state index is 12.2. The van der Waals surface area contributed by atoms with Crippen molar-refractivity contribution in [3.05, 3.63) is 35.9 Å². The number of benzene rings is 1. The lowest BCUT2D eigenvalue weighted by molar-refractivity contribution is -0.125. The summed E-state index contributed by atoms with van der Waals surface area (Å²) >= 11 is 0. The Balaban J connectivity index is 1.62. The maximum atomic E-state index is 12.2. The van der Waals surface area contributed by atoms with E-state index in [0.29, 0.717) is 5.78 Å². The van der Waals surface area contributed by atoms with E-state index in [1.165, 1.54) is 19.3 Å². The van der Waals surface area contributed by atoms with Gasteiger partial charge in [0.1, 0.15) is 12.2 Å². The first kappa shape index (κ1) is 11.0. The van der Waals surface area contributed by atoms with Crippen molar-refractivity contribution in [2.75, 3.05) is 0 Å². The van der Waals surface area contributed by atoms with E-state index in [0.717, 1.165) is 18.4 Å². The molecule has 0 amide bonds. The van der Waals surface area contributed by atoms with E-state index in [1.54, 1.807) is 0 Å². The molecule has 2 fully saturated rings. The number of hydrogen-bond acceptors (Lipinski definition) is 2. The zero-order valence-electron chi connectivity index (χ0n) is 9.97. The van der Waals surface area contributed by atoms with E-state index in [9.17, 15) is 4.79 Å². The fourth-order valence-electron chi connectivity index (χ4n) is 2.84. The summed E-state index contributed by atoms with van der Waals surface area (Å²) in [6.45, 7) is 0. The van der Waals surface area contributed by atoms with Gasteiger partial charge in [0.2, 0.25) is 0 Å². The van der Waals surface area contributed by atoms with Gasteiger partial charge in [0.15, 0.2) is 5.78 Å². The Bertz CT molecular complexity index is 393. The van der Waals surface area contributed by atoms with Crippen molar-refractivity contribution >= 4 is 5.78 Å². The van der Waals surface area contributed by atoms with Crippen LogP contribution in [0.25, 0.3) is 0 Å². The van der Waals surface area contributed by atoms with Crippen LogP contribution in [0.1, 0.15) is 43.8 Å². The van der Waals surface area contributed by atoms with Gasteiger partial charge in [-0.1, -0.05) is 49.6 Å². The van der Waals surface area contributed by atoms with Crippen molar-refractivity contribution < 1.29 is 9.53 Å².